The lowest BCUT2D eigenvalue weighted by Gasteiger charge is -2.15. The SMILES string of the molecule is COc1ccc([C@@H](C)NC(=O)c2ccc3c(c2)CCC3)cc1F. The minimum absolute atomic E-state index is 0.136. The molecule has 0 spiro atoms. The molecule has 4 heteroatoms. The van der Waals surface area contributed by atoms with Crippen LogP contribution in [0.1, 0.15) is 46.4 Å². The van der Waals surface area contributed by atoms with Crippen molar-refractivity contribution in [3.8, 4) is 5.75 Å². The van der Waals surface area contributed by atoms with Crippen LogP contribution in [-0.2, 0) is 12.8 Å². The number of rotatable bonds is 4. The maximum Gasteiger partial charge on any atom is 0.251 e. The average Bonchev–Trinajstić information content (AvgIpc) is 3.02. The van der Waals surface area contributed by atoms with Crippen molar-refractivity contribution in [3.05, 3.63) is 64.5 Å². The first-order chi connectivity index (χ1) is 11.1. The fraction of sp³-hybridized carbons (Fsp3) is 0.316. The Labute approximate surface area is 135 Å². The summed E-state index contributed by atoms with van der Waals surface area (Å²) in [4.78, 5) is 12.4. The molecule has 0 radical (unpaired) electrons. The zero-order valence-electron chi connectivity index (χ0n) is 13.4. The van der Waals surface area contributed by atoms with E-state index in [1.54, 1.807) is 12.1 Å². The van der Waals surface area contributed by atoms with Crippen LogP contribution in [0.15, 0.2) is 36.4 Å². The van der Waals surface area contributed by atoms with Gasteiger partial charge in [0.1, 0.15) is 0 Å². The molecule has 3 nitrogen and oxygen atoms in total. The molecule has 2 aromatic rings. The normalized spacial score (nSPS) is 14.2. The Morgan fingerprint density at radius 3 is 2.70 bits per heavy atom. The van der Waals surface area contributed by atoms with Gasteiger partial charge in [0, 0.05) is 5.56 Å². The van der Waals surface area contributed by atoms with E-state index in [0.29, 0.717) is 11.1 Å². The second-order valence-corrected chi connectivity index (χ2v) is 5.93. The third-order valence-electron chi connectivity index (χ3n) is 4.38. The molecule has 23 heavy (non-hydrogen) atoms. The first kappa shape index (κ1) is 15.5. The molecule has 1 N–H and O–H groups in total. The fourth-order valence-corrected chi connectivity index (χ4v) is 3.03. The van der Waals surface area contributed by atoms with Gasteiger partial charge in [-0.1, -0.05) is 12.1 Å². The van der Waals surface area contributed by atoms with Gasteiger partial charge in [-0.25, -0.2) is 4.39 Å². The highest BCUT2D eigenvalue weighted by Gasteiger charge is 2.16. The van der Waals surface area contributed by atoms with E-state index in [0.717, 1.165) is 19.3 Å². The molecule has 1 amide bonds. The summed E-state index contributed by atoms with van der Waals surface area (Å²) in [6.45, 7) is 1.84. The molecule has 0 aromatic heterocycles. The molecule has 0 fully saturated rings. The second-order valence-electron chi connectivity index (χ2n) is 5.93. The lowest BCUT2D eigenvalue weighted by Crippen LogP contribution is -2.26. The van der Waals surface area contributed by atoms with Crippen molar-refractivity contribution in [1.29, 1.82) is 0 Å². The Morgan fingerprint density at radius 2 is 1.96 bits per heavy atom. The summed E-state index contributed by atoms with van der Waals surface area (Å²) in [7, 11) is 1.43. The van der Waals surface area contributed by atoms with E-state index in [9.17, 15) is 9.18 Å². The Balaban J connectivity index is 1.73. The van der Waals surface area contributed by atoms with E-state index in [4.69, 9.17) is 4.74 Å². The van der Waals surface area contributed by atoms with Crippen LogP contribution in [0.5, 0.6) is 5.75 Å². The van der Waals surface area contributed by atoms with Crippen LogP contribution in [-0.4, -0.2) is 13.0 Å². The molecule has 3 rings (SSSR count). The van der Waals surface area contributed by atoms with Crippen molar-refractivity contribution in [2.45, 2.75) is 32.2 Å². The molecule has 0 bridgehead atoms. The van der Waals surface area contributed by atoms with Crippen LogP contribution in [0, 0.1) is 5.82 Å². The average molecular weight is 313 g/mol. The molecular formula is C19H20FNO2. The Hall–Kier alpha value is -2.36. The van der Waals surface area contributed by atoms with E-state index in [-0.39, 0.29) is 17.7 Å². The van der Waals surface area contributed by atoms with Gasteiger partial charge < -0.3 is 10.1 Å². The van der Waals surface area contributed by atoms with Gasteiger partial charge in [-0.2, -0.15) is 0 Å². The van der Waals surface area contributed by atoms with Gasteiger partial charge >= 0.3 is 0 Å². The van der Waals surface area contributed by atoms with E-state index in [1.165, 1.54) is 24.3 Å². The number of benzene rings is 2. The molecule has 0 unspecified atom stereocenters. The molecule has 2 aromatic carbocycles. The van der Waals surface area contributed by atoms with E-state index < -0.39 is 5.82 Å². The van der Waals surface area contributed by atoms with Gasteiger partial charge in [-0.15, -0.1) is 0 Å². The smallest absolute Gasteiger partial charge is 0.251 e. The number of hydrogen-bond donors (Lipinski definition) is 1. The van der Waals surface area contributed by atoms with Crippen molar-refractivity contribution in [2.75, 3.05) is 7.11 Å². The van der Waals surface area contributed by atoms with Crippen LogP contribution in [0.25, 0.3) is 0 Å². The first-order valence-electron chi connectivity index (χ1n) is 7.84. The Bertz CT molecular complexity index is 742. The predicted molar refractivity (Wildman–Crippen MR) is 87.3 cm³/mol. The number of hydrogen-bond acceptors (Lipinski definition) is 2. The van der Waals surface area contributed by atoms with Crippen LogP contribution in [0.4, 0.5) is 4.39 Å². The zero-order valence-corrected chi connectivity index (χ0v) is 13.4. The molecular weight excluding hydrogens is 293 g/mol. The maximum atomic E-state index is 13.8. The quantitative estimate of drug-likeness (QED) is 0.932. The van der Waals surface area contributed by atoms with Gasteiger partial charge in [0.2, 0.25) is 0 Å². The standard InChI is InChI=1S/C19H20FNO2/c1-12(14-8-9-18(23-2)17(20)11-14)21-19(22)16-7-6-13-4-3-5-15(13)10-16/h6-12H,3-5H2,1-2H3,(H,21,22)/t12-/m1/s1. The minimum atomic E-state index is -0.427. The maximum absolute atomic E-state index is 13.8. The Kier molecular flexibility index (Phi) is 4.33. The molecule has 0 aliphatic heterocycles. The van der Waals surface area contributed by atoms with Gasteiger partial charge in [-0.3, -0.25) is 4.79 Å². The topological polar surface area (TPSA) is 38.3 Å². The summed E-state index contributed by atoms with van der Waals surface area (Å²) < 4.78 is 18.7. The predicted octanol–water partition coefficient (Wildman–Crippen LogP) is 3.81. The van der Waals surface area contributed by atoms with Gasteiger partial charge in [0.15, 0.2) is 11.6 Å². The minimum Gasteiger partial charge on any atom is -0.494 e. The lowest BCUT2D eigenvalue weighted by molar-refractivity contribution is 0.0939. The summed E-state index contributed by atoms with van der Waals surface area (Å²) in [6, 6.07) is 10.3. The number of ether oxygens (including phenoxy) is 1. The summed E-state index contributed by atoms with van der Waals surface area (Å²) in [5, 5.41) is 2.92. The van der Waals surface area contributed by atoms with Crippen molar-refractivity contribution in [3.63, 3.8) is 0 Å². The van der Waals surface area contributed by atoms with Crippen molar-refractivity contribution >= 4 is 5.91 Å². The van der Waals surface area contributed by atoms with Gasteiger partial charge in [-0.05, 0) is 67.1 Å². The summed E-state index contributed by atoms with van der Waals surface area (Å²) in [5.74, 6) is -0.363. The number of amides is 1. The van der Waals surface area contributed by atoms with Crippen molar-refractivity contribution in [1.82, 2.24) is 5.32 Å². The number of nitrogens with one attached hydrogen (secondary N) is 1. The summed E-state index contributed by atoms with van der Waals surface area (Å²) >= 11 is 0. The Morgan fingerprint density at radius 1 is 1.17 bits per heavy atom. The van der Waals surface area contributed by atoms with Gasteiger partial charge in [0.05, 0.1) is 13.2 Å². The number of methoxy groups -OCH3 is 1. The van der Waals surface area contributed by atoms with Crippen LogP contribution >= 0.6 is 0 Å². The van der Waals surface area contributed by atoms with Crippen LogP contribution in [0.2, 0.25) is 0 Å². The van der Waals surface area contributed by atoms with E-state index in [2.05, 4.69) is 5.32 Å². The fourth-order valence-electron chi connectivity index (χ4n) is 3.03. The highest BCUT2D eigenvalue weighted by molar-refractivity contribution is 5.94. The summed E-state index contributed by atoms with van der Waals surface area (Å²) in [5.41, 5.74) is 3.97. The number of aryl methyl sites for hydroxylation is 2. The third kappa shape index (κ3) is 3.21. The molecule has 1 atom stereocenters. The van der Waals surface area contributed by atoms with Crippen LogP contribution in [0.3, 0.4) is 0 Å². The zero-order chi connectivity index (χ0) is 16.4. The largest absolute Gasteiger partial charge is 0.494 e. The number of carbonyl (C=O) groups is 1. The monoisotopic (exact) mass is 313 g/mol. The van der Waals surface area contributed by atoms with Gasteiger partial charge in [0.25, 0.3) is 5.91 Å². The van der Waals surface area contributed by atoms with Crippen LogP contribution < -0.4 is 10.1 Å². The third-order valence-corrected chi connectivity index (χ3v) is 4.38. The number of carbonyl (C=O) groups excluding carboxylic acids is 1. The molecule has 0 saturated heterocycles. The van der Waals surface area contributed by atoms with Crippen molar-refractivity contribution in [2.24, 2.45) is 0 Å². The number of fused-ring (bicyclic) bond motifs is 1. The molecule has 1 aliphatic rings. The van der Waals surface area contributed by atoms with E-state index in [1.807, 2.05) is 25.1 Å². The molecule has 0 saturated carbocycles. The first-order valence-corrected chi connectivity index (χ1v) is 7.84. The second kappa shape index (κ2) is 6.41. The molecule has 120 valence electrons. The highest BCUT2D eigenvalue weighted by atomic mass is 19.1. The van der Waals surface area contributed by atoms with Crippen molar-refractivity contribution < 1.29 is 13.9 Å². The lowest BCUT2D eigenvalue weighted by atomic mass is 10.0. The molecule has 0 heterocycles. The molecule has 1 aliphatic carbocycles. The highest BCUT2D eigenvalue weighted by Crippen LogP contribution is 2.24. The van der Waals surface area contributed by atoms with E-state index >= 15 is 0 Å². The number of halogens is 1. The summed E-state index contributed by atoms with van der Waals surface area (Å²) in [6.07, 6.45) is 3.29.